The molecule has 0 amide bonds. The van der Waals surface area contributed by atoms with Crippen LogP contribution in [-0.2, 0) is 4.74 Å². The van der Waals surface area contributed by atoms with Crippen molar-refractivity contribution in [1.82, 2.24) is 0 Å². The van der Waals surface area contributed by atoms with Crippen LogP contribution in [0.5, 0.6) is 0 Å². The van der Waals surface area contributed by atoms with Crippen molar-refractivity contribution in [2.45, 2.75) is 13.0 Å². The molecule has 1 aromatic carbocycles. The van der Waals surface area contributed by atoms with Gasteiger partial charge in [-0.25, -0.2) is 9.79 Å². The second-order valence-corrected chi connectivity index (χ2v) is 5.00. The molecule has 0 bridgehead atoms. The van der Waals surface area contributed by atoms with Gasteiger partial charge in [-0.3, -0.25) is 10.1 Å². The Bertz CT molecular complexity index is 571. The quantitative estimate of drug-likeness (QED) is 0.480. The first-order valence-electron chi connectivity index (χ1n) is 5.61. The molecule has 2 rings (SSSR count). The minimum absolute atomic E-state index is 0.0499. The van der Waals surface area contributed by atoms with Crippen molar-refractivity contribution in [2.24, 2.45) is 4.99 Å². The fourth-order valence-electron chi connectivity index (χ4n) is 1.85. The highest BCUT2D eigenvalue weighted by atomic mass is 32.2. The van der Waals surface area contributed by atoms with Crippen molar-refractivity contribution in [3.63, 3.8) is 0 Å². The number of rotatable bonds is 4. The molecule has 6 nitrogen and oxygen atoms in total. The molecule has 0 N–H and O–H groups in total. The van der Waals surface area contributed by atoms with E-state index in [1.807, 2.05) is 13.2 Å². The van der Waals surface area contributed by atoms with E-state index in [4.69, 9.17) is 4.74 Å². The molecule has 1 atom stereocenters. The van der Waals surface area contributed by atoms with Crippen LogP contribution in [-0.4, -0.2) is 34.8 Å². The van der Waals surface area contributed by atoms with Gasteiger partial charge in [0.2, 0.25) is 5.90 Å². The van der Waals surface area contributed by atoms with E-state index in [1.165, 1.54) is 18.2 Å². The third-order valence-electron chi connectivity index (χ3n) is 2.61. The molecule has 1 unspecified atom stereocenters. The van der Waals surface area contributed by atoms with E-state index in [0.717, 1.165) is 5.75 Å². The van der Waals surface area contributed by atoms with Gasteiger partial charge in [-0.2, -0.15) is 11.8 Å². The summed E-state index contributed by atoms with van der Waals surface area (Å²) in [6.07, 6.45) is 1.94. The third-order valence-corrected chi connectivity index (χ3v) is 3.42. The first kappa shape index (κ1) is 13.5. The lowest BCUT2D eigenvalue weighted by Crippen LogP contribution is -2.10. The van der Waals surface area contributed by atoms with Crippen molar-refractivity contribution >= 4 is 29.3 Å². The Kier molecular flexibility index (Phi) is 3.84. The Morgan fingerprint density at radius 2 is 2.26 bits per heavy atom. The number of ether oxygens (including phenoxy) is 1. The summed E-state index contributed by atoms with van der Waals surface area (Å²) in [5.74, 6) is 0.208. The van der Waals surface area contributed by atoms with Gasteiger partial charge in [0.1, 0.15) is 5.56 Å². The standard InChI is InChI=1S/C12H12N2O4S/c1-7(6-19-2)13-11-10-8(12(15)18-11)4-3-5-9(10)14(16)17/h3-5,7H,6H2,1-2H3. The fraction of sp³-hybridized carbons (Fsp3) is 0.333. The highest BCUT2D eigenvalue weighted by Gasteiger charge is 2.35. The Hall–Kier alpha value is -1.89. The smallest absolute Gasteiger partial charge is 0.345 e. The van der Waals surface area contributed by atoms with Gasteiger partial charge in [0, 0.05) is 11.8 Å². The molecular formula is C12H12N2O4S. The van der Waals surface area contributed by atoms with Crippen LogP contribution in [0.3, 0.4) is 0 Å². The molecule has 0 saturated carbocycles. The maximum Gasteiger partial charge on any atom is 0.345 e. The van der Waals surface area contributed by atoms with E-state index in [0.29, 0.717) is 0 Å². The number of esters is 1. The lowest BCUT2D eigenvalue weighted by atomic mass is 10.1. The number of hydrogen-bond donors (Lipinski definition) is 0. The largest absolute Gasteiger partial charge is 0.403 e. The van der Waals surface area contributed by atoms with Crippen LogP contribution < -0.4 is 0 Å². The molecular weight excluding hydrogens is 268 g/mol. The predicted molar refractivity (Wildman–Crippen MR) is 72.9 cm³/mol. The summed E-state index contributed by atoms with van der Waals surface area (Å²) in [6.45, 7) is 1.87. The average Bonchev–Trinajstić information content (AvgIpc) is 2.66. The van der Waals surface area contributed by atoms with E-state index < -0.39 is 10.9 Å². The summed E-state index contributed by atoms with van der Waals surface area (Å²) in [6, 6.07) is 4.23. The second kappa shape index (κ2) is 5.40. The van der Waals surface area contributed by atoms with Crippen LogP contribution in [0.4, 0.5) is 5.69 Å². The molecule has 0 spiro atoms. The molecule has 7 heteroatoms. The maximum absolute atomic E-state index is 11.7. The van der Waals surface area contributed by atoms with E-state index in [1.54, 1.807) is 11.8 Å². The number of carbonyl (C=O) groups excluding carboxylic acids is 1. The summed E-state index contributed by atoms with van der Waals surface area (Å²) >= 11 is 1.60. The summed E-state index contributed by atoms with van der Waals surface area (Å²) < 4.78 is 5.04. The first-order valence-corrected chi connectivity index (χ1v) is 7.00. The van der Waals surface area contributed by atoms with Crippen molar-refractivity contribution in [1.29, 1.82) is 0 Å². The fourth-order valence-corrected chi connectivity index (χ4v) is 2.41. The lowest BCUT2D eigenvalue weighted by molar-refractivity contribution is -0.385. The first-order chi connectivity index (χ1) is 9.04. The number of hydrogen-bond acceptors (Lipinski definition) is 6. The summed E-state index contributed by atoms with van der Waals surface area (Å²) in [5.41, 5.74) is 0.230. The minimum Gasteiger partial charge on any atom is -0.403 e. The van der Waals surface area contributed by atoms with E-state index in [9.17, 15) is 14.9 Å². The molecule has 0 saturated heterocycles. The molecule has 0 radical (unpaired) electrons. The summed E-state index contributed by atoms with van der Waals surface area (Å²) in [5, 5.41) is 11.0. The molecule has 1 aliphatic heterocycles. The zero-order chi connectivity index (χ0) is 14.0. The Balaban J connectivity index is 2.50. The normalized spacial score (nSPS) is 17.2. The summed E-state index contributed by atoms with van der Waals surface area (Å²) in [4.78, 5) is 26.4. The minimum atomic E-state index is -0.589. The molecule has 19 heavy (non-hydrogen) atoms. The van der Waals surface area contributed by atoms with Crippen LogP contribution in [0, 0.1) is 10.1 Å². The van der Waals surface area contributed by atoms with Gasteiger partial charge in [-0.05, 0) is 19.2 Å². The number of carbonyl (C=O) groups is 1. The van der Waals surface area contributed by atoms with E-state index in [2.05, 4.69) is 4.99 Å². The van der Waals surface area contributed by atoms with Crippen LogP contribution in [0.2, 0.25) is 0 Å². The van der Waals surface area contributed by atoms with Gasteiger partial charge in [0.25, 0.3) is 5.69 Å². The topological polar surface area (TPSA) is 81.8 Å². The predicted octanol–water partition coefficient (Wildman–Crippen LogP) is 2.26. The number of benzene rings is 1. The number of cyclic esters (lactones) is 1. The summed E-state index contributed by atoms with van der Waals surface area (Å²) in [7, 11) is 0. The number of aliphatic imine (C=N–C) groups is 1. The number of thioether (sulfide) groups is 1. The highest BCUT2D eigenvalue weighted by molar-refractivity contribution is 7.98. The third kappa shape index (κ3) is 2.60. The van der Waals surface area contributed by atoms with Crippen molar-refractivity contribution < 1.29 is 14.5 Å². The number of fused-ring (bicyclic) bond motifs is 1. The van der Waals surface area contributed by atoms with Crippen molar-refractivity contribution in [2.75, 3.05) is 12.0 Å². The number of nitro benzene ring substituents is 1. The second-order valence-electron chi connectivity index (χ2n) is 4.08. The van der Waals surface area contributed by atoms with Crippen LogP contribution >= 0.6 is 11.8 Å². The Labute approximate surface area is 114 Å². The van der Waals surface area contributed by atoms with Gasteiger partial charge in [-0.15, -0.1) is 0 Å². The Morgan fingerprint density at radius 1 is 1.53 bits per heavy atom. The molecule has 100 valence electrons. The molecule has 0 aromatic heterocycles. The molecule has 1 heterocycles. The van der Waals surface area contributed by atoms with Crippen molar-refractivity contribution in [3.05, 3.63) is 39.4 Å². The molecule has 0 aliphatic carbocycles. The maximum atomic E-state index is 11.7. The SMILES string of the molecule is CSCC(C)N=C1OC(=O)c2cccc([N+](=O)[O-])c21. The van der Waals surface area contributed by atoms with Crippen molar-refractivity contribution in [3.8, 4) is 0 Å². The molecule has 1 aliphatic rings. The van der Waals surface area contributed by atoms with Crippen LogP contribution in [0.1, 0.15) is 22.8 Å². The number of nitro groups is 1. The molecule has 0 fully saturated rings. The van der Waals surface area contributed by atoms with Crippen LogP contribution in [0.25, 0.3) is 0 Å². The van der Waals surface area contributed by atoms with Gasteiger partial charge in [0.05, 0.1) is 16.5 Å². The van der Waals surface area contributed by atoms with Gasteiger partial charge < -0.3 is 4.74 Å². The monoisotopic (exact) mass is 280 g/mol. The van der Waals surface area contributed by atoms with Crippen LogP contribution in [0.15, 0.2) is 23.2 Å². The van der Waals surface area contributed by atoms with Gasteiger partial charge in [-0.1, -0.05) is 6.07 Å². The van der Waals surface area contributed by atoms with Gasteiger partial charge >= 0.3 is 5.97 Å². The van der Waals surface area contributed by atoms with E-state index >= 15 is 0 Å². The lowest BCUT2D eigenvalue weighted by Gasteiger charge is -2.05. The average molecular weight is 280 g/mol. The Morgan fingerprint density at radius 3 is 2.89 bits per heavy atom. The highest BCUT2D eigenvalue weighted by Crippen LogP contribution is 2.29. The number of nitrogens with zero attached hydrogens (tertiary/aromatic N) is 2. The zero-order valence-electron chi connectivity index (χ0n) is 10.5. The van der Waals surface area contributed by atoms with Gasteiger partial charge in [0.15, 0.2) is 0 Å². The van der Waals surface area contributed by atoms with E-state index in [-0.39, 0.29) is 28.8 Å². The zero-order valence-corrected chi connectivity index (χ0v) is 11.3. The molecule has 1 aromatic rings.